The number of fused-ring (bicyclic) bond motifs is 1. The molecule has 1 N–H and O–H groups in total. The Morgan fingerprint density at radius 2 is 2.32 bits per heavy atom. The highest BCUT2D eigenvalue weighted by Crippen LogP contribution is 2.16. The minimum atomic E-state index is -0.966. The summed E-state index contributed by atoms with van der Waals surface area (Å²) in [5, 5.41) is 19.9. The smallest absolute Gasteiger partial charge is 0.335 e. The van der Waals surface area contributed by atoms with E-state index in [1.807, 2.05) is 12.3 Å². The summed E-state index contributed by atoms with van der Waals surface area (Å²) in [6, 6.07) is 4.80. The molecule has 0 saturated heterocycles. The standard InChI is InChI=1S/C12H10N4O2S/c1-7-6-19-11(13-7)5-16-10-3-2-8(12(17)18)4-9(10)14-15-16/h2-4,6H,5H2,1H3,(H,17,18). The average Bonchev–Trinajstić information content (AvgIpc) is 2.96. The number of aryl methyl sites for hydroxylation is 1. The number of rotatable bonds is 3. The number of hydrogen-bond donors (Lipinski definition) is 1. The van der Waals surface area contributed by atoms with Gasteiger partial charge in [-0.25, -0.2) is 14.5 Å². The van der Waals surface area contributed by atoms with E-state index >= 15 is 0 Å². The second-order valence-corrected chi connectivity index (χ2v) is 5.08. The number of nitrogens with zero attached hydrogens (tertiary/aromatic N) is 4. The maximum atomic E-state index is 10.9. The zero-order chi connectivity index (χ0) is 13.4. The number of aromatic carboxylic acids is 1. The molecule has 96 valence electrons. The topological polar surface area (TPSA) is 80.9 Å². The molecule has 0 bridgehead atoms. The number of aromatic nitrogens is 4. The summed E-state index contributed by atoms with van der Waals surface area (Å²) in [4.78, 5) is 15.3. The fourth-order valence-corrected chi connectivity index (χ4v) is 2.58. The Morgan fingerprint density at radius 1 is 1.47 bits per heavy atom. The molecule has 6 nitrogen and oxygen atoms in total. The number of thiazole rings is 1. The molecule has 0 amide bonds. The molecule has 7 heteroatoms. The van der Waals surface area contributed by atoms with Gasteiger partial charge in [0.2, 0.25) is 0 Å². The van der Waals surface area contributed by atoms with Crippen LogP contribution in [0.4, 0.5) is 0 Å². The second-order valence-electron chi connectivity index (χ2n) is 4.14. The highest BCUT2D eigenvalue weighted by Gasteiger charge is 2.10. The lowest BCUT2D eigenvalue weighted by Gasteiger charge is -1.99. The molecule has 0 aliphatic carbocycles. The van der Waals surface area contributed by atoms with Crippen LogP contribution in [0.15, 0.2) is 23.6 Å². The van der Waals surface area contributed by atoms with Gasteiger partial charge in [0, 0.05) is 11.1 Å². The molecule has 0 aliphatic rings. The van der Waals surface area contributed by atoms with Gasteiger partial charge in [0.15, 0.2) is 0 Å². The van der Waals surface area contributed by atoms with Crippen molar-refractivity contribution < 1.29 is 9.90 Å². The summed E-state index contributed by atoms with van der Waals surface area (Å²) < 4.78 is 1.72. The van der Waals surface area contributed by atoms with Crippen LogP contribution in [0, 0.1) is 6.92 Å². The van der Waals surface area contributed by atoms with Crippen LogP contribution in [0.5, 0.6) is 0 Å². The molecule has 0 fully saturated rings. The minimum Gasteiger partial charge on any atom is -0.478 e. The predicted octanol–water partition coefficient (Wildman–Crippen LogP) is 1.94. The number of carbonyl (C=O) groups is 1. The normalized spacial score (nSPS) is 11.0. The van der Waals surface area contributed by atoms with Gasteiger partial charge in [-0.05, 0) is 25.1 Å². The molecule has 2 aromatic heterocycles. The molecule has 0 spiro atoms. The third-order valence-electron chi connectivity index (χ3n) is 2.71. The Morgan fingerprint density at radius 3 is 3.00 bits per heavy atom. The summed E-state index contributed by atoms with van der Waals surface area (Å²) in [6.07, 6.45) is 0. The van der Waals surface area contributed by atoms with Gasteiger partial charge < -0.3 is 5.11 Å². The third kappa shape index (κ3) is 2.19. The summed E-state index contributed by atoms with van der Waals surface area (Å²) in [7, 11) is 0. The van der Waals surface area contributed by atoms with Crippen molar-refractivity contribution in [2.75, 3.05) is 0 Å². The van der Waals surface area contributed by atoms with Crippen LogP contribution < -0.4 is 0 Å². The Balaban J connectivity index is 1.99. The van der Waals surface area contributed by atoms with Crippen molar-refractivity contribution in [3.05, 3.63) is 39.8 Å². The van der Waals surface area contributed by atoms with E-state index in [-0.39, 0.29) is 5.56 Å². The highest BCUT2D eigenvalue weighted by atomic mass is 32.1. The number of carboxylic acids is 1. The van der Waals surface area contributed by atoms with Crippen molar-refractivity contribution >= 4 is 28.3 Å². The largest absolute Gasteiger partial charge is 0.478 e. The van der Waals surface area contributed by atoms with Crippen molar-refractivity contribution in [1.29, 1.82) is 0 Å². The van der Waals surface area contributed by atoms with Gasteiger partial charge in [0.05, 0.1) is 17.6 Å². The van der Waals surface area contributed by atoms with Crippen LogP contribution >= 0.6 is 11.3 Å². The van der Waals surface area contributed by atoms with Crippen molar-refractivity contribution in [3.63, 3.8) is 0 Å². The average molecular weight is 274 g/mol. The minimum absolute atomic E-state index is 0.213. The van der Waals surface area contributed by atoms with Crippen molar-refractivity contribution in [3.8, 4) is 0 Å². The summed E-state index contributed by atoms with van der Waals surface area (Å²) in [5.74, 6) is -0.966. The molecule has 0 radical (unpaired) electrons. The van der Waals surface area contributed by atoms with Gasteiger partial charge in [-0.3, -0.25) is 0 Å². The van der Waals surface area contributed by atoms with Crippen LogP contribution in [-0.2, 0) is 6.54 Å². The lowest BCUT2D eigenvalue weighted by molar-refractivity contribution is 0.0697. The van der Waals surface area contributed by atoms with Gasteiger partial charge >= 0.3 is 5.97 Å². The first-order chi connectivity index (χ1) is 9.13. The maximum absolute atomic E-state index is 10.9. The van der Waals surface area contributed by atoms with Gasteiger partial charge in [-0.2, -0.15) is 0 Å². The SMILES string of the molecule is Cc1csc(Cn2nnc3cc(C(=O)O)ccc32)n1. The van der Waals surface area contributed by atoms with Gasteiger partial charge in [0.1, 0.15) is 10.5 Å². The van der Waals surface area contributed by atoms with E-state index in [2.05, 4.69) is 15.3 Å². The van der Waals surface area contributed by atoms with E-state index in [1.54, 1.807) is 28.2 Å². The maximum Gasteiger partial charge on any atom is 0.335 e. The molecule has 0 atom stereocenters. The molecule has 2 heterocycles. The van der Waals surface area contributed by atoms with Gasteiger partial charge in [-0.1, -0.05) is 5.21 Å². The number of hydrogen-bond acceptors (Lipinski definition) is 5. The molecular weight excluding hydrogens is 264 g/mol. The molecule has 3 rings (SSSR count). The molecule has 0 aliphatic heterocycles. The number of benzene rings is 1. The molecule has 19 heavy (non-hydrogen) atoms. The van der Waals surface area contributed by atoms with E-state index in [0.717, 1.165) is 16.2 Å². The predicted molar refractivity (Wildman–Crippen MR) is 70.4 cm³/mol. The van der Waals surface area contributed by atoms with E-state index in [4.69, 9.17) is 5.11 Å². The highest BCUT2D eigenvalue weighted by molar-refractivity contribution is 7.09. The lowest BCUT2D eigenvalue weighted by Crippen LogP contribution is -2.02. The Bertz CT molecular complexity index is 762. The summed E-state index contributed by atoms with van der Waals surface area (Å²) in [5.41, 5.74) is 2.58. The van der Waals surface area contributed by atoms with Crippen LogP contribution in [0.2, 0.25) is 0 Å². The van der Waals surface area contributed by atoms with Gasteiger partial charge in [0.25, 0.3) is 0 Å². The van der Waals surface area contributed by atoms with E-state index in [0.29, 0.717) is 12.1 Å². The third-order valence-corrected chi connectivity index (χ3v) is 3.66. The fourth-order valence-electron chi connectivity index (χ4n) is 1.83. The zero-order valence-electron chi connectivity index (χ0n) is 10.1. The Labute approximate surface area is 112 Å². The van der Waals surface area contributed by atoms with Crippen molar-refractivity contribution in [1.82, 2.24) is 20.0 Å². The van der Waals surface area contributed by atoms with Crippen LogP contribution in [-0.4, -0.2) is 31.1 Å². The molecule has 0 unspecified atom stereocenters. The molecule has 3 aromatic rings. The zero-order valence-corrected chi connectivity index (χ0v) is 10.9. The Kier molecular flexibility index (Phi) is 2.75. The first-order valence-electron chi connectivity index (χ1n) is 5.61. The monoisotopic (exact) mass is 274 g/mol. The number of carboxylic acid groups (broad SMARTS) is 1. The molecule has 1 aromatic carbocycles. The van der Waals surface area contributed by atoms with Crippen molar-refractivity contribution in [2.45, 2.75) is 13.5 Å². The summed E-state index contributed by atoms with van der Waals surface area (Å²) >= 11 is 1.57. The summed E-state index contributed by atoms with van der Waals surface area (Å²) in [6.45, 7) is 2.49. The first kappa shape index (κ1) is 11.8. The van der Waals surface area contributed by atoms with Crippen LogP contribution in [0.3, 0.4) is 0 Å². The molecule has 0 saturated carbocycles. The molecular formula is C12H10N4O2S. The quantitative estimate of drug-likeness (QED) is 0.789. The van der Waals surface area contributed by atoms with Gasteiger partial charge in [-0.15, -0.1) is 16.4 Å². The second kappa shape index (κ2) is 4.43. The lowest BCUT2D eigenvalue weighted by atomic mass is 10.2. The van der Waals surface area contributed by atoms with E-state index in [1.165, 1.54) is 6.07 Å². The van der Waals surface area contributed by atoms with Crippen LogP contribution in [0.25, 0.3) is 11.0 Å². The van der Waals surface area contributed by atoms with Crippen LogP contribution in [0.1, 0.15) is 21.1 Å². The first-order valence-corrected chi connectivity index (χ1v) is 6.49. The van der Waals surface area contributed by atoms with Crippen molar-refractivity contribution in [2.24, 2.45) is 0 Å². The van der Waals surface area contributed by atoms with E-state index < -0.39 is 5.97 Å². The Hall–Kier alpha value is -2.28. The van der Waals surface area contributed by atoms with E-state index in [9.17, 15) is 4.79 Å². The fraction of sp³-hybridized carbons (Fsp3) is 0.167.